The summed E-state index contributed by atoms with van der Waals surface area (Å²) in [5, 5.41) is 9.24. The molecule has 3 aromatic rings. The molecule has 0 aliphatic rings. The largest absolute Gasteiger partial charge is 0.492 e. The van der Waals surface area contributed by atoms with Gasteiger partial charge in [-0.15, -0.1) is 0 Å². The van der Waals surface area contributed by atoms with E-state index in [0.717, 1.165) is 11.6 Å². The molecular weight excluding hydrogens is 456 g/mol. The quantitative estimate of drug-likeness (QED) is 0.388. The second-order valence-electron chi connectivity index (χ2n) is 7.89. The normalized spacial score (nSPS) is 10.6. The second-order valence-corrected chi connectivity index (χ2v) is 7.89. The van der Waals surface area contributed by atoms with Gasteiger partial charge in [0.1, 0.15) is 28.7 Å². The van der Waals surface area contributed by atoms with Crippen LogP contribution in [0.2, 0.25) is 0 Å². The van der Waals surface area contributed by atoms with Crippen molar-refractivity contribution in [2.24, 2.45) is 0 Å². The van der Waals surface area contributed by atoms with Crippen molar-refractivity contribution < 1.29 is 33.0 Å². The van der Waals surface area contributed by atoms with E-state index in [1.54, 1.807) is 36.4 Å². The number of halogens is 2. The number of carboxylic acid groups (broad SMARTS) is 1. The first-order valence-corrected chi connectivity index (χ1v) is 11.3. The van der Waals surface area contributed by atoms with Crippen LogP contribution in [0.3, 0.4) is 0 Å². The zero-order chi connectivity index (χ0) is 25.2. The summed E-state index contributed by atoms with van der Waals surface area (Å²) in [4.78, 5) is 25.5. The summed E-state index contributed by atoms with van der Waals surface area (Å²) in [5.41, 5.74) is 1.22. The molecule has 1 amide bonds. The Bertz CT molecular complexity index is 1170. The van der Waals surface area contributed by atoms with Gasteiger partial charge in [0.15, 0.2) is 6.61 Å². The molecule has 0 fully saturated rings. The zero-order valence-corrected chi connectivity index (χ0v) is 19.4. The highest BCUT2D eigenvalue weighted by Crippen LogP contribution is 2.19. The van der Waals surface area contributed by atoms with Gasteiger partial charge in [-0.1, -0.05) is 37.3 Å². The van der Waals surface area contributed by atoms with E-state index in [-0.39, 0.29) is 36.8 Å². The second kappa shape index (κ2) is 12.5. The highest BCUT2D eigenvalue weighted by atomic mass is 19.1. The van der Waals surface area contributed by atoms with E-state index in [1.165, 1.54) is 23.1 Å². The third-order valence-electron chi connectivity index (χ3n) is 5.25. The van der Waals surface area contributed by atoms with E-state index >= 15 is 0 Å². The van der Waals surface area contributed by atoms with Crippen molar-refractivity contribution in [3.8, 4) is 11.5 Å². The van der Waals surface area contributed by atoms with Crippen LogP contribution in [0.25, 0.3) is 0 Å². The van der Waals surface area contributed by atoms with Crippen LogP contribution in [-0.4, -0.2) is 41.6 Å². The Morgan fingerprint density at radius 3 is 2.51 bits per heavy atom. The van der Waals surface area contributed by atoms with Crippen LogP contribution in [0.4, 0.5) is 8.78 Å². The molecule has 184 valence electrons. The maximum absolute atomic E-state index is 14.0. The molecular formula is C27H27F2NO5. The number of para-hydroxylation sites is 1. The molecule has 35 heavy (non-hydrogen) atoms. The third kappa shape index (κ3) is 7.53. The van der Waals surface area contributed by atoms with Crippen LogP contribution in [0.15, 0.2) is 66.7 Å². The Morgan fingerprint density at radius 1 is 0.971 bits per heavy atom. The van der Waals surface area contributed by atoms with Crippen LogP contribution in [0, 0.1) is 11.6 Å². The SMILES string of the molecule is CCCN(Cc1ccc(F)cc1F)C(=O)COc1cccc(CCOc2ccccc2C(=O)O)c1. The van der Waals surface area contributed by atoms with E-state index in [1.807, 2.05) is 13.0 Å². The van der Waals surface area contributed by atoms with Gasteiger partial charge in [0.2, 0.25) is 0 Å². The number of hydrogen-bond donors (Lipinski definition) is 1. The average Bonchev–Trinajstić information content (AvgIpc) is 2.84. The highest BCUT2D eigenvalue weighted by molar-refractivity contribution is 5.90. The standard InChI is InChI=1S/C27H27F2NO5/c1-2-13-30(17-20-10-11-21(28)16-24(20)29)26(31)18-35-22-7-5-6-19(15-22)12-14-34-25-9-4-3-8-23(25)27(32)33/h3-11,15-16H,2,12-14,17-18H2,1H3,(H,32,33). The number of carbonyl (C=O) groups excluding carboxylic acids is 1. The van der Waals surface area contributed by atoms with Crippen LogP contribution < -0.4 is 9.47 Å². The Labute approximate surface area is 202 Å². The van der Waals surface area contributed by atoms with Crippen LogP contribution >= 0.6 is 0 Å². The lowest BCUT2D eigenvalue weighted by Gasteiger charge is -2.22. The summed E-state index contributed by atoms with van der Waals surface area (Å²) in [7, 11) is 0. The molecule has 8 heteroatoms. The first kappa shape index (κ1) is 25.7. The zero-order valence-electron chi connectivity index (χ0n) is 19.4. The van der Waals surface area contributed by atoms with Gasteiger partial charge >= 0.3 is 5.97 Å². The van der Waals surface area contributed by atoms with Crippen LogP contribution in [0.1, 0.15) is 34.8 Å². The Hall–Kier alpha value is -3.94. The molecule has 0 aromatic heterocycles. The Balaban J connectivity index is 1.55. The number of nitrogens with zero attached hydrogens (tertiary/aromatic N) is 1. The lowest BCUT2D eigenvalue weighted by Crippen LogP contribution is -2.35. The molecule has 3 aromatic carbocycles. The predicted molar refractivity (Wildman–Crippen MR) is 127 cm³/mol. The maximum Gasteiger partial charge on any atom is 0.339 e. The monoisotopic (exact) mass is 483 g/mol. The van der Waals surface area contributed by atoms with Gasteiger partial charge in [-0.3, -0.25) is 4.79 Å². The average molecular weight is 484 g/mol. The fraction of sp³-hybridized carbons (Fsp3) is 0.259. The number of amides is 1. The summed E-state index contributed by atoms with van der Waals surface area (Å²) >= 11 is 0. The van der Waals surface area contributed by atoms with Crippen molar-refractivity contribution in [1.29, 1.82) is 0 Å². The minimum absolute atomic E-state index is 0.0251. The summed E-state index contributed by atoms with van der Waals surface area (Å²) in [6.45, 7) is 2.38. The maximum atomic E-state index is 14.0. The van der Waals surface area contributed by atoms with Crippen molar-refractivity contribution in [3.05, 3.63) is 95.1 Å². The fourth-order valence-corrected chi connectivity index (χ4v) is 3.49. The van der Waals surface area contributed by atoms with Gasteiger partial charge in [0.25, 0.3) is 5.91 Å². The van der Waals surface area contributed by atoms with Gasteiger partial charge < -0.3 is 19.5 Å². The summed E-state index contributed by atoms with van der Waals surface area (Å²) in [6, 6.07) is 16.9. The van der Waals surface area contributed by atoms with Crippen molar-refractivity contribution in [2.75, 3.05) is 19.8 Å². The molecule has 0 atom stereocenters. The molecule has 0 saturated heterocycles. The number of carbonyl (C=O) groups is 2. The van der Waals surface area contributed by atoms with E-state index in [0.29, 0.717) is 30.9 Å². The lowest BCUT2D eigenvalue weighted by atomic mass is 10.1. The van der Waals surface area contributed by atoms with E-state index < -0.39 is 17.6 Å². The molecule has 0 aliphatic carbocycles. The van der Waals surface area contributed by atoms with Gasteiger partial charge in [0, 0.05) is 31.1 Å². The lowest BCUT2D eigenvalue weighted by molar-refractivity contribution is -0.134. The number of ether oxygens (including phenoxy) is 2. The molecule has 0 bridgehead atoms. The molecule has 0 radical (unpaired) electrons. The third-order valence-corrected chi connectivity index (χ3v) is 5.25. The molecule has 1 N–H and O–H groups in total. The van der Waals surface area contributed by atoms with Gasteiger partial charge in [0.05, 0.1) is 6.61 Å². The molecule has 0 spiro atoms. The number of benzene rings is 3. The Morgan fingerprint density at radius 2 is 1.77 bits per heavy atom. The minimum Gasteiger partial charge on any atom is -0.492 e. The van der Waals surface area contributed by atoms with Crippen LogP contribution in [0.5, 0.6) is 11.5 Å². The molecule has 0 saturated carbocycles. The number of hydrogen-bond acceptors (Lipinski definition) is 4. The molecule has 3 rings (SSSR count). The minimum atomic E-state index is -1.06. The first-order chi connectivity index (χ1) is 16.9. The fourth-order valence-electron chi connectivity index (χ4n) is 3.49. The summed E-state index contributed by atoms with van der Waals surface area (Å²) in [6.07, 6.45) is 1.18. The summed E-state index contributed by atoms with van der Waals surface area (Å²) < 4.78 is 38.5. The number of carboxylic acids is 1. The molecule has 0 heterocycles. The smallest absolute Gasteiger partial charge is 0.339 e. The topological polar surface area (TPSA) is 76.1 Å². The molecule has 0 aliphatic heterocycles. The Kier molecular flexibility index (Phi) is 9.17. The number of rotatable bonds is 12. The molecule has 0 unspecified atom stereocenters. The van der Waals surface area contributed by atoms with E-state index in [4.69, 9.17) is 9.47 Å². The summed E-state index contributed by atoms with van der Waals surface area (Å²) in [5.74, 6) is -1.94. The van der Waals surface area contributed by atoms with Gasteiger partial charge in [-0.2, -0.15) is 0 Å². The van der Waals surface area contributed by atoms with Gasteiger partial charge in [-0.25, -0.2) is 13.6 Å². The number of aromatic carboxylic acids is 1. The van der Waals surface area contributed by atoms with Crippen LogP contribution in [-0.2, 0) is 17.8 Å². The van der Waals surface area contributed by atoms with E-state index in [9.17, 15) is 23.5 Å². The van der Waals surface area contributed by atoms with Gasteiger partial charge in [-0.05, 0) is 42.3 Å². The van der Waals surface area contributed by atoms with Crippen molar-refractivity contribution >= 4 is 11.9 Å². The van der Waals surface area contributed by atoms with Crippen molar-refractivity contribution in [1.82, 2.24) is 4.90 Å². The van der Waals surface area contributed by atoms with Crippen molar-refractivity contribution in [3.63, 3.8) is 0 Å². The predicted octanol–water partition coefficient (Wildman–Crippen LogP) is 5.10. The van der Waals surface area contributed by atoms with Crippen molar-refractivity contribution in [2.45, 2.75) is 26.3 Å². The van der Waals surface area contributed by atoms with E-state index in [2.05, 4.69) is 0 Å². The highest BCUT2D eigenvalue weighted by Gasteiger charge is 2.16. The first-order valence-electron chi connectivity index (χ1n) is 11.3. The molecule has 6 nitrogen and oxygen atoms in total.